The molecule has 0 amide bonds. The molecule has 1 N–H and O–H groups in total. The molecule has 4 rings (SSSR count). The molecule has 1 saturated carbocycles. The Kier molecular flexibility index (Phi) is 3.24. The molecule has 24 heavy (non-hydrogen) atoms. The van der Waals surface area contributed by atoms with Crippen molar-refractivity contribution >= 4 is 17.4 Å². The standard InChI is InChI=1S/C19H18N2O3/c20-11-15-16(22)10-12-1-2-13(18(23)24)9-14(12)17(15)21-7-5-19(3-4-19)6-8-21/h1-2,9H,3-8,10H2,(H,23,24). The summed E-state index contributed by atoms with van der Waals surface area (Å²) in [6, 6.07) is 6.91. The first-order valence-corrected chi connectivity index (χ1v) is 8.32. The van der Waals surface area contributed by atoms with Crippen molar-refractivity contribution < 1.29 is 14.7 Å². The predicted molar refractivity (Wildman–Crippen MR) is 87.1 cm³/mol. The number of piperidine rings is 1. The van der Waals surface area contributed by atoms with Crippen LogP contribution in [0.25, 0.3) is 5.70 Å². The molecular weight excluding hydrogens is 304 g/mol. The highest BCUT2D eigenvalue weighted by Gasteiger charge is 2.45. The van der Waals surface area contributed by atoms with Crippen molar-refractivity contribution in [1.29, 1.82) is 5.26 Å². The van der Waals surface area contributed by atoms with Crippen molar-refractivity contribution in [2.45, 2.75) is 32.1 Å². The van der Waals surface area contributed by atoms with Crippen molar-refractivity contribution in [2.75, 3.05) is 13.1 Å². The number of carbonyl (C=O) groups excluding carboxylic acids is 1. The number of fused-ring (bicyclic) bond motifs is 1. The molecule has 1 aliphatic heterocycles. The first-order valence-electron chi connectivity index (χ1n) is 8.32. The van der Waals surface area contributed by atoms with E-state index in [1.165, 1.54) is 18.9 Å². The minimum absolute atomic E-state index is 0.166. The van der Waals surface area contributed by atoms with Gasteiger partial charge in [0.2, 0.25) is 0 Å². The average Bonchev–Trinajstić information content (AvgIpc) is 3.33. The fraction of sp³-hybridized carbons (Fsp3) is 0.421. The molecule has 2 aliphatic carbocycles. The maximum atomic E-state index is 12.4. The molecule has 3 aliphatic rings. The van der Waals surface area contributed by atoms with Crippen LogP contribution in [0.4, 0.5) is 0 Å². The number of carboxylic acid groups (broad SMARTS) is 1. The summed E-state index contributed by atoms with van der Waals surface area (Å²) in [6.45, 7) is 1.65. The van der Waals surface area contributed by atoms with Gasteiger partial charge in [0.05, 0.1) is 11.3 Å². The van der Waals surface area contributed by atoms with Gasteiger partial charge in [0, 0.05) is 25.1 Å². The second-order valence-corrected chi connectivity index (χ2v) is 7.10. The lowest BCUT2D eigenvalue weighted by atomic mass is 9.85. The highest BCUT2D eigenvalue weighted by Crippen LogP contribution is 2.54. The highest BCUT2D eigenvalue weighted by molar-refractivity contribution is 6.10. The van der Waals surface area contributed by atoms with Gasteiger partial charge in [-0.25, -0.2) is 4.79 Å². The van der Waals surface area contributed by atoms with Crippen LogP contribution in [0.2, 0.25) is 0 Å². The van der Waals surface area contributed by atoms with Crippen LogP contribution in [-0.4, -0.2) is 34.8 Å². The van der Waals surface area contributed by atoms with Gasteiger partial charge in [-0.05, 0) is 48.8 Å². The molecule has 0 unspecified atom stereocenters. The van der Waals surface area contributed by atoms with Gasteiger partial charge in [0.1, 0.15) is 11.6 Å². The molecule has 2 fully saturated rings. The summed E-state index contributed by atoms with van der Waals surface area (Å²) in [7, 11) is 0. The number of carbonyl (C=O) groups is 2. The third-order valence-electron chi connectivity index (χ3n) is 5.69. The normalized spacial score (nSPS) is 21.5. The molecule has 1 aromatic rings. The number of aromatic carboxylic acids is 1. The second-order valence-electron chi connectivity index (χ2n) is 7.10. The van der Waals surface area contributed by atoms with Crippen LogP contribution in [0, 0.1) is 16.7 Å². The van der Waals surface area contributed by atoms with Crippen LogP contribution in [0.1, 0.15) is 47.2 Å². The fourth-order valence-corrected chi connectivity index (χ4v) is 3.94. The molecule has 122 valence electrons. The van der Waals surface area contributed by atoms with Crippen LogP contribution in [0.15, 0.2) is 23.8 Å². The van der Waals surface area contributed by atoms with Crippen LogP contribution < -0.4 is 0 Å². The molecule has 5 heteroatoms. The monoisotopic (exact) mass is 322 g/mol. The Balaban J connectivity index is 1.79. The maximum Gasteiger partial charge on any atom is 0.335 e. The smallest absolute Gasteiger partial charge is 0.335 e. The number of nitrogens with zero attached hydrogens (tertiary/aromatic N) is 2. The van der Waals surface area contributed by atoms with Gasteiger partial charge in [-0.2, -0.15) is 5.26 Å². The summed E-state index contributed by atoms with van der Waals surface area (Å²) >= 11 is 0. The lowest BCUT2D eigenvalue weighted by Gasteiger charge is -2.37. The van der Waals surface area contributed by atoms with Crippen molar-refractivity contribution in [1.82, 2.24) is 4.90 Å². The van der Waals surface area contributed by atoms with E-state index in [0.29, 0.717) is 11.1 Å². The zero-order chi connectivity index (χ0) is 16.9. The number of Topliss-reactive ketones (excluding diaryl/α,β-unsaturated/α-hetero) is 1. The van der Waals surface area contributed by atoms with Crippen LogP contribution in [-0.2, 0) is 11.2 Å². The lowest BCUT2D eigenvalue weighted by molar-refractivity contribution is -0.114. The second kappa shape index (κ2) is 5.20. The van der Waals surface area contributed by atoms with Crippen molar-refractivity contribution in [3.05, 3.63) is 40.5 Å². The van der Waals surface area contributed by atoms with Crippen molar-refractivity contribution in [3.8, 4) is 6.07 Å². The molecule has 0 radical (unpaired) electrons. The van der Waals surface area contributed by atoms with Crippen molar-refractivity contribution in [3.63, 3.8) is 0 Å². The zero-order valence-corrected chi connectivity index (χ0v) is 13.3. The summed E-state index contributed by atoms with van der Waals surface area (Å²) in [5.74, 6) is -1.17. The quantitative estimate of drug-likeness (QED) is 0.905. The summed E-state index contributed by atoms with van der Waals surface area (Å²) in [6.07, 6.45) is 4.89. The number of ketones is 1. The summed E-state index contributed by atoms with van der Waals surface area (Å²) < 4.78 is 0. The van der Waals surface area contributed by atoms with Gasteiger partial charge in [0.15, 0.2) is 5.78 Å². The number of allylic oxidation sites excluding steroid dienone is 1. The number of hydrogen-bond acceptors (Lipinski definition) is 4. The molecule has 1 aromatic carbocycles. The van der Waals surface area contributed by atoms with E-state index in [1.54, 1.807) is 12.1 Å². The molecule has 1 spiro atoms. The molecular formula is C19H18N2O3. The Hall–Kier alpha value is -2.61. The predicted octanol–water partition coefficient (Wildman–Crippen LogP) is 2.62. The van der Waals surface area contributed by atoms with E-state index in [-0.39, 0.29) is 23.3 Å². The van der Waals surface area contributed by atoms with Gasteiger partial charge in [-0.15, -0.1) is 0 Å². The SMILES string of the molecule is N#CC1=C(N2CCC3(CC2)CC3)c2cc(C(=O)O)ccc2CC1=O. The first kappa shape index (κ1) is 14.9. The molecule has 1 saturated heterocycles. The molecule has 5 nitrogen and oxygen atoms in total. The van der Waals surface area contributed by atoms with Gasteiger partial charge in [-0.3, -0.25) is 4.79 Å². The lowest BCUT2D eigenvalue weighted by Crippen LogP contribution is -2.36. The van der Waals surface area contributed by atoms with E-state index >= 15 is 0 Å². The summed E-state index contributed by atoms with van der Waals surface area (Å²) in [5, 5.41) is 18.8. The van der Waals surface area contributed by atoms with E-state index in [1.807, 2.05) is 0 Å². The molecule has 1 heterocycles. The van der Waals surface area contributed by atoms with E-state index in [2.05, 4.69) is 11.0 Å². The number of likely N-dealkylation sites (tertiary alicyclic amines) is 1. The minimum atomic E-state index is -0.997. The van der Waals surface area contributed by atoms with E-state index in [4.69, 9.17) is 0 Å². The van der Waals surface area contributed by atoms with Crippen LogP contribution in [0.3, 0.4) is 0 Å². The third-order valence-corrected chi connectivity index (χ3v) is 5.69. The highest BCUT2D eigenvalue weighted by atomic mass is 16.4. The molecule has 0 atom stereocenters. The van der Waals surface area contributed by atoms with E-state index in [9.17, 15) is 20.0 Å². The Morgan fingerprint density at radius 2 is 1.92 bits per heavy atom. The number of carboxylic acids is 1. The Bertz CT molecular complexity index is 818. The molecule has 0 bridgehead atoms. The fourth-order valence-electron chi connectivity index (χ4n) is 3.94. The van der Waals surface area contributed by atoms with E-state index in [0.717, 1.165) is 37.1 Å². The van der Waals surface area contributed by atoms with Crippen LogP contribution in [0.5, 0.6) is 0 Å². The summed E-state index contributed by atoms with van der Waals surface area (Å²) in [5.41, 5.74) is 3.05. The number of rotatable bonds is 2. The first-order chi connectivity index (χ1) is 11.5. The van der Waals surface area contributed by atoms with Gasteiger partial charge in [0.25, 0.3) is 0 Å². The van der Waals surface area contributed by atoms with Gasteiger partial charge in [-0.1, -0.05) is 6.07 Å². The van der Waals surface area contributed by atoms with Gasteiger partial charge < -0.3 is 10.0 Å². The molecule has 0 aromatic heterocycles. The van der Waals surface area contributed by atoms with E-state index < -0.39 is 5.97 Å². The Labute approximate surface area is 140 Å². The zero-order valence-electron chi connectivity index (χ0n) is 13.3. The average molecular weight is 322 g/mol. The number of nitriles is 1. The number of benzene rings is 1. The Morgan fingerprint density at radius 1 is 1.21 bits per heavy atom. The Morgan fingerprint density at radius 3 is 2.50 bits per heavy atom. The maximum absolute atomic E-state index is 12.4. The van der Waals surface area contributed by atoms with Crippen LogP contribution >= 0.6 is 0 Å². The number of hydrogen-bond donors (Lipinski definition) is 1. The topological polar surface area (TPSA) is 81.4 Å². The van der Waals surface area contributed by atoms with Gasteiger partial charge >= 0.3 is 5.97 Å². The third kappa shape index (κ3) is 2.30. The summed E-state index contributed by atoms with van der Waals surface area (Å²) in [4.78, 5) is 25.8. The van der Waals surface area contributed by atoms with Crippen molar-refractivity contribution in [2.24, 2.45) is 5.41 Å². The largest absolute Gasteiger partial charge is 0.478 e. The minimum Gasteiger partial charge on any atom is -0.478 e.